The quantitative estimate of drug-likeness (QED) is 0.674. The summed E-state index contributed by atoms with van der Waals surface area (Å²) in [6, 6.07) is 13.0. The van der Waals surface area contributed by atoms with Gasteiger partial charge in [0.25, 0.3) is 5.91 Å². The molecule has 2 heterocycles. The fourth-order valence-electron chi connectivity index (χ4n) is 2.06. The van der Waals surface area contributed by atoms with E-state index in [1.807, 2.05) is 22.9 Å². The molecule has 0 spiro atoms. The fraction of sp³-hybridized carbons (Fsp3) is 0. The third-order valence-corrected chi connectivity index (χ3v) is 3.11. The van der Waals surface area contributed by atoms with Crippen LogP contribution in [0.3, 0.4) is 0 Å². The van der Waals surface area contributed by atoms with Crippen molar-refractivity contribution in [2.45, 2.75) is 0 Å². The molecule has 116 valence electrons. The molecule has 4 nitrogen and oxygen atoms in total. The molecule has 0 saturated carbocycles. The lowest BCUT2D eigenvalue weighted by molar-refractivity contribution is -0.595. The molecule has 0 atom stereocenters. The number of aromatic nitrogens is 2. The summed E-state index contributed by atoms with van der Waals surface area (Å²) in [5.74, 6) is -0.688. The number of nitrogens with zero attached hydrogens (tertiary/aromatic N) is 2. The minimum Gasteiger partial charge on any atom is -1.00 e. The van der Waals surface area contributed by atoms with Crippen LogP contribution in [0.15, 0.2) is 73.3 Å². The van der Waals surface area contributed by atoms with Gasteiger partial charge >= 0.3 is 0 Å². The van der Waals surface area contributed by atoms with Crippen LogP contribution in [0.2, 0.25) is 0 Å². The van der Waals surface area contributed by atoms with E-state index in [9.17, 15) is 9.18 Å². The van der Waals surface area contributed by atoms with Crippen molar-refractivity contribution in [1.29, 1.82) is 0 Å². The molecule has 23 heavy (non-hydrogen) atoms. The second-order valence-corrected chi connectivity index (χ2v) is 4.67. The highest BCUT2D eigenvalue weighted by atomic mass is 35.5. The zero-order valence-corrected chi connectivity index (χ0v) is 12.7. The molecule has 0 aliphatic rings. The number of hydrogen-bond acceptors (Lipinski definition) is 2. The predicted molar refractivity (Wildman–Crippen MR) is 80.1 cm³/mol. The molecule has 0 aliphatic heterocycles. The third kappa shape index (κ3) is 4.11. The first-order valence-corrected chi connectivity index (χ1v) is 6.71. The van der Waals surface area contributed by atoms with E-state index >= 15 is 0 Å². The number of pyridine rings is 2. The summed E-state index contributed by atoms with van der Waals surface area (Å²) in [7, 11) is 0. The van der Waals surface area contributed by atoms with Crippen LogP contribution in [0.1, 0.15) is 10.4 Å². The first-order valence-electron chi connectivity index (χ1n) is 6.71. The second-order valence-electron chi connectivity index (χ2n) is 4.67. The second kappa shape index (κ2) is 7.47. The van der Waals surface area contributed by atoms with E-state index in [0.717, 1.165) is 5.69 Å². The van der Waals surface area contributed by atoms with Crippen LogP contribution in [-0.2, 0) is 0 Å². The summed E-state index contributed by atoms with van der Waals surface area (Å²) >= 11 is 0. The average molecular weight is 330 g/mol. The molecule has 0 radical (unpaired) electrons. The Morgan fingerprint density at radius 2 is 1.87 bits per heavy atom. The van der Waals surface area contributed by atoms with E-state index in [2.05, 4.69) is 10.3 Å². The van der Waals surface area contributed by atoms with Crippen LogP contribution in [0.25, 0.3) is 5.69 Å². The molecule has 1 amide bonds. The number of amides is 1. The van der Waals surface area contributed by atoms with Crippen LogP contribution in [0.5, 0.6) is 0 Å². The minimum absolute atomic E-state index is 0. The summed E-state index contributed by atoms with van der Waals surface area (Å²) in [5, 5.41) is 2.67. The Morgan fingerprint density at radius 1 is 1.09 bits per heavy atom. The van der Waals surface area contributed by atoms with Gasteiger partial charge in [-0.25, -0.2) is 4.39 Å². The molecule has 2 aromatic heterocycles. The van der Waals surface area contributed by atoms with Crippen molar-refractivity contribution in [1.82, 2.24) is 4.98 Å². The van der Waals surface area contributed by atoms with Gasteiger partial charge in [0.1, 0.15) is 11.4 Å². The lowest BCUT2D eigenvalue weighted by atomic mass is 10.2. The maximum absolute atomic E-state index is 13.1. The number of anilines is 1. The normalized spacial score (nSPS) is 9.78. The lowest BCUT2D eigenvalue weighted by Gasteiger charge is -2.04. The van der Waals surface area contributed by atoms with Gasteiger partial charge < -0.3 is 17.7 Å². The van der Waals surface area contributed by atoms with Crippen molar-refractivity contribution in [3.8, 4) is 5.69 Å². The highest BCUT2D eigenvalue weighted by Gasteiger charge is 2.12. The lowest BCUT2D eigenvalue weighted by Crippen LogP contribution is -3.00. The van der Waals surface area contributed by atoms with Crippen molar-refractivity contribution in [3.63, 3.8) is 0 Å². The van der Waals surface area contributed by atoms with Crippen LogP contribution in [-0.4, -0.2) is 10.9 Å². The van der Waals surface area contributed by atoms with Crippen molar-refractivity contribution in [2.75, 3.05) is 5.32 Å². The smallest absolute Gasteiger partial charge is 0.261 e. The molecule has 0 aliphatic carbocycles. The molecule has 0 fully saturated rings. The van der Waals surface area contributed by atoms with Gasteiger partial charge in [-0.15, -0.1) is 0 Å². The number of benzene rings is 1. The van der Waals surface area contributed by atoms with Gasteiger partial charge in [-0.3, -0.25) is 9.78 Å². The van der Waals surface area contributed by atoms with Gasteiger partial charge in [-0.2, -0.15) is 4.57 Å². The molecule has 0 bridgehead atoms. The summed E-state index contributed by atoms with van der Waals surface area (Å²) in [5.41, 5.74) is 1.79. The first kappa shape index (κ1) is 16.6. The van der Waals surface area contributed by atoms with E-state index in [4.69, 9.17) is 0 Å². The van der Waals surface area contributed by atoms with Gasteiger partial charge in [0.05, 0.1) is 0 Å². The number of halogens is 2. The van der Waals surface area contributed by atoms with E-state index < -0.39 is 5.82 Å². The first-order chi connectivity index (χ1) is 10.7. The monoisotopic (exact) mass is 329 g/mol. The van der Waals surface area contributed by atoms with Gasteiger partial charge in [0.2, 0.25) is 5.69 Å². The number of carbonyl (C=O) groups is 1. The Bertz CT molecular complexity index is 812. The summed E-state index contributed by atoms with van der Waals surface area (Å²) < 4.78 is 15.0. The number of nitrogens with one attached hydrogen (secondary N) is 1. The Balaban J connectivity index is 0.00000192. The number of rotatable bonds is 3. The van der Waals surface area contributed by atoms with Crippen molar-refractivity contribution >= 4 is 11.6 Å². The van der Waals surface area contributed by atoms with Crippen molar-refractivity contribution in [3.05, 3.63) is 84.7 Å². The van der Waals surface area contributed by atoms with E-state index in [1.165, 1.54) is 12.1 Å². The molecular formula is C17H13ClFN3O. The maximum atomic E-state index is 13.1. The van der Waals surface area contributed by atoms with Gasteiger partial charge in [-0.05, 0) is 24.3 Å². The van der Waals surface area contributed by atoms with Crippen molar-refractivity contribution in [2.24, 2.45) is 0 Å². The number of hydrogen-bond donors (Lipinski definition) is 1. The predicted octanol–water partition coefficient (Wildman–Crippen LogP) is -0.246. The maximum Gasteiger partial charge on any atom is 0.261 e. The SMILES string of the molecule is O=C(Nc1cccc(F)c1)c1ccc[n+](-c2ccncc2)c1.[Cl-]. The molecule has 3 rings (SSSR count). The summed E-state index contributed by atoms with van der Waals surface area (Å²) in [6.45, 7) is 0. The largest absolute Gasteiger partial charge is 1.00 e. The zero-order valence-electron chi connectivity index (χ0n) is 12.0. The van der Waals surface area contributed by atoms with Crippen LogP contribution in [0.4, 0.5) is 10.1 Å². The Kier molecular flexibility index (Phi) is 5.38. The Morgan fingerprint density at radius 3 is 2.61 bits per heavy atom. The molecule has 3 aromatic rings. The van der Waals surface area contributed by atoms with Gasteiger partial charge in [-0.1, -0.05) is 6.07 Å². The fourth-order valence-corrected chi connectivity index (χ4v) is 2.06. The third-order valence-electron chi connectivity index (χ3n) is 3.11. The van der Waals surface area contributed by atoms with Crippen molar-refractivity contribution < 1.29 is 26.2 Å². The Hall–Kier alpha value is -2.79. The van der Waals surface area contributed by atoms with Gasteiger partial charge in [0, 0.05) is 36.3 Å². The molecular weight excluding hydrogens is 317 g/mol. The highest BCUT2D eigenvalue weighted by molar-refractivity contribution is 6.03. The number of carbonyl (C=O) groups excluding carboxylic acids is 1. The standard InChI is InChI=1S/C17H12FN3O.ClH/c18-14-4-1-5-15(11-14)20-17(22)13-3-2-10-21(12-13)16-6-8-19-9-7-16;/h1-12H;1H. The van der Waals surface area contributed by atoms with E-state index in [0.29, 0.717) is 11.3 Å². The van der Waals surface area contributed by atoms with Gasteiger partial charge in [0.15, 0.2) is 12.4 Å². The molecule has 0 unspecified atom stereocenters. The Labute approximate surface area is 139 Å². The average Bonchev–Trinajstić information content (AvgIpc) is 2.56. The molecule has 1 aromatic carbocycles. The molecule has 6 heteroatoms. The molecule has 0 saturated heterocycles. The van der Waals surface area contributed by atoms with Crippen LogP contribution >= 0.6 is 0 Å². The topological polar surface area (TPSA) is 45.9 Å². The summed E-state index contributed by atoms with van der Waals surface area (Å²) in [6.07, 6.45) is 6.92. The summed E-state index contributed by atoms with van der Waals surface area (Å²) in [4.78, 5) is 16.2. The van der Waals surface area contributed by atoms with E-state index in [1.54, 1.807) is 42.9 Å². The van der Waals surface area contributed by atoms with Crippen LogP contribution in [0, 0.1) is 5.82 Å². The minimum atomic E-state index is -0.391. The molecule has 1 N–H and O–H groups in total. The zero-order chi connectivity index (χ0) is 15.4. The van der Waals surface area contributed by atoms with E-state index in [-0.39, 0.29) is 18.3 Å². The van der Waals surface area contributed by atoms with Crippen LogP contribution < -0.4 is 22.3 Å². The highest BCUT2D eigenvalue weighted by Crippen LogP contribution is 2.10.